The van der Waals surface area contributed by atoms with Crippen LogP contribution in [0.4, 0.5) is 0 Å². The van der Waals surface area contributed by atoms with Crippen molar-refractivity contribution >= 4 is 22.3 Å². The number of nitrogens with zero attached hydrogens (tertiary/aromatic N) is 2. The molecule has 0 aromatic carbocycles. The number of ether oxygens (including phenoxy) is 3. The minimum atomic E-state index is -4.02. The fourth-order valence-corrected chi connectivity index (χ4v) is 5.43. The molecule has 0 saturated carbocycles. The second kappa shape index (κ2) is 9.19. The third-order valence-electron chi connectivity index (χ3n) is 5.29. The molecular weight excluding hydrogens is 400 g/mol. The van der Waals surface area contributed by atoms with Crippen molar-refractivity contribution in [3.63, 3.8) is 0 Å². The van der Waals surface area contributed by atoms with Crippen LogP contribution in [0, 0.1) is 12.8 Å². The van der Waals surface area contributed by atoms with Gasteiger partial charge in [-0.05, 0) is 38.3 Å². The molecule has 3 rings (SSSR count). The predicted molar refractivity (Wildman–Crippen MR) is 102 cm³/mol. The zero-order valence-electron chi connectivity index (χ0n) is 16.6. The molecule has 1 aromatic rings. The number of carbonyl (C=O) groups is 2. The van der Waals surface area contributed by atoms with Crippen LogP contribution < -0.4 is 4.74 Å². The van der Waals surface area contributed by atoms with E-state index in [1.807, 2.05) is 0 Å². The van der Waals surface area contributed by atoms with Crippen LogP contribution in [0.1, 0.15) is 31.4 Å². The van der Waals surface area contributed by atoms with Gasteiger partial charge in [0.2, 0.25) is 15.9 Å². The summed E-state index contributed by atoms with van der Waals surface area (Å²) in [5, 5.41) is 0. The molecule has 1 aromatic heterocycles. The lowest BCUT2D eigenvalue weighted by atomic mass is 10.0. The minimum Gasteiger partial charge on any atom is -0.471 e. The number of methoxy groups -OCH3 is 1. The Labute approximate surface area is 170 Å². The molecule has 2 fully saturated rings. The third-order valence-corrected chi connectivity index (χ3v) is 7.21. The minimum absolute atomic E-state index is 0.00730. The average Bonchev–Trinajstić information content (AvgIpc) is 3.35. The third kappa shape index (κ3) is 4.59. The number of esters is 1. The monoisotopic (exact) mass is 426 g/mol. The molecule has 2 aliphatic rings. The van der Waals surface area contributed by atoms with E-state index in [1.165, 1.54) is 13.2 Å². The number of hydrogen-bond donors (Lipinski definition) is 0. The molecule has 0 radical (unpaired) electrons. The molecule has 2 unspecified atom stereocenters. The van der Waals surface area contributed by atoms with Crippen LogP contribution in [0.15, 0.2) is 17.0 Å². The van der Waals surface area contributed by atoms with Crippen LogP contribution in [-0.4, -0.2) is 69.0 Å². The highest BCUT2D eigenvalue weighted by molar-refractivity contribution is 7.89. The average molecular weight is 426 g/mol. The molecule has 0 amide bonds. The zero-order chi connectivity index (χ0) is 21.0. The molecular formula is C19H26N2O7S. The summed E-state index contributed by atoms with van der Waals surface area (Å²) in [7, 11) is -2.78. The van der Waals surface area contributed by atoms with E-state index in [0.717, 1.165) is 10.6 Å². The molecule has 0 bridgehead atoms. The standard InChI is InChI=1S/C19H26N2O7S/c1-13-7-8-17(29(24,25)21-9-3-6-15(21)19(23)26-2)18(20-13)28-16-12-27-11-14(16)5-4-10-22/h7-8,10,14-16H,3-6,9,11-12H2,1-2H3/t14?,15-,16?/m0/s1. The molecule has 0 spiro atoms. The molecule has 2 aliphatic heterocycles. The Hall–Kier alpha value is -2.04. The van der Waals surface area contributed by atoms with Crippen molar-refractivity contribution in [2.45, 2.75) is 49.6 Å². The second-order valence-corrected chi connectivity index (χ2v) is 9.11. The van der Waals surface area contributed by atoms with E-state index in [4.69, 9.17) is 14.2 Å². The lowest BCUT2D eigenvalue weighted by Crippen LogP contribution is -2.41. The summed E-state index contributed by atoms with van der Waals surface area (Å²) in [4.78, 5) is 27.0. The van der Waals surface area contributed by atoms with Gasteiger partial charge in [-0.2, -0.15) is 4.31 Å². The van der Waals surface area contributed by atoms with Gasteiger partial charge in [-0.3, -0.25) is 4.79 Å². The van der Waals surface area contributed by atoms with Crippen LogP contribution >= 0.6 is 0 Å². The SMILES string of the molecule is COC(=O)[C@@H]1CCCN1S(=O)(=O)c1ccc(C)nc1OC1COCC1CCC=O. The topological polar surface area (TPSA) is 112 Å². The van der Waals surface area contributed by atoms with Gasteiger partial charge in [-0.25, -0.2) is 13.4 Å². The molecule has 9 nitrogen and oxygen atoms in total. The number of rotatable bonds is 8. The first-order valence-electron chi connectivity index (χ1n) is 9.63. The highest BCUT2D eigenvalue weighted by atomic mass is 32.2. The lowest BCUT2D eigenvalue weighted by Gasteiger charge is -2.24. The van der Waals surface area contributed by atoms with Gasteiger partial charge < -0.3 is 19.0 Å². The highest BCUT2D eigenvalue weighted by Crippen LogP contribution is 2.33. The number of carbonyl (C=O) groups excluding carboxylic acids is 2. The predicted octanol–water partition coefficient (Wildman–Crippen LogP) is 1.09. The van der Waals surface area contributed by atoms with Crippen LogP contribution in [0.3, 0.4) is 0 Å². The number of pyridine rings is 1. The van der Waals surface area contributed by atoms with Crippen molar-refractivity contribution in [1.29, 1.82) is 0 Å². The van der Waals surface area contributed by atoms with E-state index in [2.05, 4.69) is 4.98 Å². The number of aldehydes is 1. The molecule has 2 saturated heterocycles. The normalized spacial score (nSPS) is 25.1. The molecule has 0 aliphatic carbocycles. The molecule has 29 heavy (non-hydrogen) atoms. The van der Waals surface area contributed by atoms with Gasteiger partial charge in [0.05, 0.1) is 20.3 Å². The Morgan fingerprint density at radius 3 is 2.90 bits per heavy atom. The molecule has 3 atom stereocenters. The summed E-state index contributed by atoms with van der Waals surface area (Å²) in [5.74, 6) is -0.605. The van der Waals surface area contributed by atoms with Crippen LogP contribution in [0.5, 0.6) is 5.88 Å². The summed E-state index contributed by atoms with van der Waals surface area (Å²) >= 11 is 0. The van der Waals surface area contributed by atoms with Gasteiger partial charge in [0.15, 0.2) is 0 Å². The van der Waals surface area contributed by atoms with Gasteiger partial charge >= 0.3 is 5.97 Å². The number of aromatic nitrogens is 1. The fraction of sp³-hybridized carbons (Fsp3) is 0.632. The van der Waals surface area contributed by atoms with Crippen LogP contribution in [0.25, 0.3) is 0 Å². The summed E-state index contributed by atoms with van der Waals surface area (Å²) < 4.78 is 44.1. The van der Waals surface area contributed by atoms with Gasteiger partial charge in [-0.15, -0.1) is 0 Å². The van der Waals surface area contributed by atoms with Gasteiger partial charge in [0, 0.05) is 24.6 Å². The molecule has 160 valence electrons. The van der Waals surface area contributed by atoms with Crippen molar-refractivity contribution < 1.29 is 32.2 Å². The fourth-order valence-electron chi connectivity index (χ4n) is 3.73. The first-order valence-corrected chi connectivity index (χ1v) is 11.1. The summed E-state index contributed by atoms with van der Waals surface area (Å²) in [6, 6.07) is 2.20. The zero-order valence-corrected chi connectivity index (χ0v) is 17.4. The first kappa shape index (κ1) is 21.7. The van der Waals surface area contributed by atoms with Crippen molar-refractivity contribution in [2.24, 2.45) is 5.92 Å². The van der Waals surface area contributed by atoms with E-state index < -0.39 is 28.1 Å². The van der Waals surface area contributed by atoms with Crippen LogP contribution in [-0.2, 0) is 29.1 Å². The Bertz CT molecular complexity index is 858. The van der Waals surface area contributed by atoms with E-state index >= 15 is 0 Å². The molecule has 3 heterocycles. The van der Waals surface area contributed by atoms with Crippen molar-refractivity contribution in [1.82, 2.24) is 9.29 Å². The Balaban J connectivity index is 1.90. The van der Waals surface area contributed by atoms with E-state index in [-0.39, 0.29) is 23.2 Å². The number of aryl methyl sites for hydroxylation is 1. The Kier molecular flexibility index (Phi) is 6.86. The maximum absolute atomic E-state index is 13.3. The first-order chi connectivity index (χ1) is 13.9. The van der Waals surface area contributed by atoms with Crippen molar-refractivity contribution in [3.05, 3.63) is 17.8 Å². The van der Waals surface area contributed by atoms with E-state index in [1.54, 1.807) is 13.0 Å². The van der Waals surface area contributed by atoms with Crippen molar-refractivity contribution in [3.8, 4) is 5.88 Å². The van der Waals surface area contributed by atoms with Crippen LogP contribution in [0.2, 0.25) is 0 Å². The Morgan fingerprint density at radius 1 is 1.38 bits per heavy atom. The number of sulfonamides is 1. The van der Waals surface area contributed by atoms with Crippen molar-refractivity contribution in [2.75, 3.05) is 26.9 Å². The second-order valence-electron chi connectivity index (χ2n) is 7.25. The van der Waals surface area contributed by atoms with E-state index in [0.29, 0.717) is 44.6 Å². The summed E-state index contributed by atoms with van der Waals surface area (Å²) in [6.45, 7) is 2.71. The maximum Gasteiger partial charge on any atom is 0.324 e. The maximum atomic E-state index is 13.3. The highest BCUT2D eigenvalue weighted by Gasteiger charge is 2.42. The quantitative estimate of drug-likeness (QED) is 0.449. The Morgan fingerprint density at radius 2 is 2.17 bits per heavy atom. The summed E-state index contributed by atoms with van der Waals surface area (Å²) in [5.41, 5.74) is 0.605. The largest absolute Gasteiger partial charge is 0.471 e. The van der Waals surface area contributed by atoms with Gasteiger partial charge in [0.1, 0.15) is 23.3 Å². The molecule has 0 N–H and O–H groups in total. The molecule has 10 heteroatoms. The van der Waals surface area contributed by atoms with Gasteiger partial charge in [-0.1, -0.05) is 0 Å². The smallest absolute Gasteiger partial charge is 0.324 e. The number of hydrogen-bond acceptors (Lipinski definition) is 8. The van der Waals surface area contributed by atoms with Gasteiger partial charge in [0.25, 0.3) is 0 Å². The lowest BCUT2D eigenvalue weighted by molar-refractivity contribution is -0.144. The summed E-state index contributed by atoms with van der Waals surface area (Å²) in [6.07, 6.45) is 2.40. The van der Waals surface area contributed by atoms with E-state index in [9.17, 15) is 18.0 Å².